The Labute approximate surface area is 191 Å². The molecule has 4 atom stereocenters. The molecule has 0 spiro atoms. The van der Waals surface area contributed by atoms with Gasteiger partial charge in [-0.05, 0) is 44.0 Å². The summed E-state index contributed by atoms with van der Waals surface area (Å²) in [6.45, 7) is 11.1. The number of aliphatic hydroxyl groups is 1. The van der Waals surface area contributed by atoms with Gasteiger partial charge in [0, 0.05) is 16.5 Å². The van der Waals surface area contributed by atoms with Crippen LogP contribution < -0.4 is 4.74 Å². The fourth-order valence-electron chi connectivity index (χ4n) is 4.24. The lowest BCUT2D eigenvalue weighted by Gasteiger charge is -2.42. The lowest BCUT2D eigenvalue weighted by molar-refractivity contribution is -0.135. The standard InChI is InChI=1S/C24H22ClN3O4/c1-24(2)21(29)20(17-10-14(26-3)8-9-19(17)32-24)31-22-15-11-16(15)23(30)28(27-22)12-13-6-4-5-7-18(13)25/h4-10,15-16,20-21,29H,11-12H2,1-2H3/t15-,16+,20-,21+/m1/s1. The van der Waals surface area contributed by atoms with Gasteiger partial charge >= 0.3 is 0 Å². The number of hydrogen-bond acceptors (Lipinski definition) is 5. The van der Waals surface area contributed by atoms with Crippen LogP contribution in [0.15, 0.2) is 47.6 Å². The van der Waals surface area contributed by atoms with Crippen LogP contribution >= 0.6 is 11.6 Å². The van der Waals surface area contributed by atoms with Gasteiger partial charge in [-0.25, -0.2) is 9.85 Å². The van der Waals surface area contributed by atoms with Crippen LogP contribution in [0.25, 0.3) is 4.85 Å². The Morgan fingerprint density at radius 3 is 2.84 bits per heavy atom. The molecule has 1 N–H and O–H groups in total. The van der Waals surface area contributed by atoms with Crippen molar-refractivity contribution in [3.05, 3.63) is 70.0 Å². The summed E-state index contributed by atoms with van der Waals surface area (Å²) in [6.07, 6.45) is -1.11. The van der Waals surface area contributed by atoms with Gasteiger partial charge in [-0.15, -0.1) is 5.10 Å². The van der Waals surface area contributed by atoms with Crippen molar-refractivity contribution in [2.24, 2.45) is 16.9 Å². The van der Waals surface area contributed by atoms with Crippen molar-refractivity contribution in [3.63, 3.8) is 0 Å². The maximum absolute atomic E-state index is 12.8. The quantitative estimate of drug-likeness (QED) is 0.698. The summed E-state index contributed by atoms with van der Waals surface area (Å²) in [4.78, 5) is 16.3. The molecule has 2 heterocycles. The minimum absolute atomic E-state index is 0.0502. The zero-order valence-electron chi connectivity index (χ0n) is 17.7. The zero-order chi connectivity index (χ0) is 22.6. The Morgan fingerprint density at radius 1 is 1.31 bits per heavy atom. The van der Waals surface area contributed by atoms with E-state index in [-0.39, 0.29) is 24.3 Å². The van der Waals surface area contributed by atoms with Gasteiger partial charge in [-0.2, -0.15) is 0 Å². The number of carbonyl (C=O) groups excluding carboxylic acids is 1. The number of halogens is 1. The Bertz CT molecular complexity index is 1170. The molecule has 0 saturated heterocycles. The Hall–Kier alpha value is -3.08. The number of benzene rings is 2. The highest BCUT2D eigenvalue weighted by molar-refractivity contribution is 6.31. The van der Waals surface area contributed by atoms with Gasteiger partial charge in [0.1, 0.15) is 17.5 Å². The van der Waals surface area contributed by atoms with Crippen molar-refractivity contribution >= 4 is 29.1 Å². The van der Waals surface area contributed by atoms with Crippen LogP contribution in [0.1, 0.15) is 37.5 Å². The van der Waals surface area contributed by atoms with Crippen LogP contribution in [0.3, 0.4) is 0 Å². The predicted molar refractivity (Wildman–Crippen MR) is 118 cm³/mol. The summed E-state index contributed by atoms with van der Waals surface area (Å²) in [7, 11) is 0. The third-order valence-electron chi connectivity index (χ3n) is 6.23. The molecule has 0 radical (unpaired) electrons. The number of rotatable bonds is 3. The topological polar surface area (TPSA) is 75.7 Å². The molecular formula is C24H22ClN3O4. The number of carbonyl (C=O) groups is 1. The molecule has 5 rings (SSSR count). The number of nitrogens with zero attached hydrogens (tertiary/aromatic N) is 3. The van der Waals surface area contributed by atoms with Crippen molar-refractivity contribution < 1.29 is 19.4 Å². The van der Waals surface area contributed by atoms with E-state index >= 15 is 0 Å². The molecule has 2 aromatic carbocycles. The second kappa shape index (κ2) is 7.51. The first kappa shape index (κ1) is 20.8. The molecule has 32 heavy (non-hydrogen) atoms. The summed E-state index contributed by atoms with van der Waals surface area (Å²) >= 11 is 6.28. The van der Waals surface area contributed by atoms with Gasteiger partial charge < -0.3 is 14.6 Å². The van der Waals surface area contributed by atoms with Crippen molar-refractivity contribution in [2.45, 2.75) is 44.6 Å². The van der Waals surface area contributed by atoms with Gasteiger partial charge in [-0.1, -0.05) is 35.9 Å². The first-order valence-corrected chi connectivity index (χ1v) is 10.8. The molecule has 1 aliphatic carbocycles. The Balaban J connectivity index is 1.48. The molecule has 164 valence electrons. The van der Waals surface area contributed by atoms with Crippen molar-refractivity contribution in [1.29, 1.82) is 0 Å². The highest BCUT2D eigenvalue weighted by Crippen LogP contribution is 2.49. The molecule has 1 saturated carbocycles. The normalized spacial score (nSPS) is 27.4. The number of hydrazone groups is 1. The number of hydrogen-bond donors (Lipinski definition) is 1. The van der Waals surface area contributed by atoms with Crippen molar-refractivity contribution in [1.82, 2.24) is 5.01 Å². The highest BCUT2D eigenvalue weighted by Gasteiger charge is 2.55. The number of fused-ring (bicyclic) bond motifs is 2. The smallest absolute Gasteiger partial charge is 0.247 e. The van der Waals surface area contributed by atoms with Gasteiger partial charge in [-0.3, -0.25) is 4.79 Å². The number of aliphatic hydroxyl groups excluding tert-OH is 1. The van der Waals surface area contributed by atoms with E-state index in [0.717, 1.165) is 5.56 Å². The zero-order valence-corrected chi connectivity index (χ0v) is 18.4. The van der Waals surface area contributed by atoms with E-state index < -0.39 is 17.8 Å². The van der Waals surface area contributed by atoms with Gasteiger partial charge in [0.15, 0.2) is 11.8 Å². The SMILES string of the molecule is [C-]#[N+]c1ccc2c(c1)[C@@H](OC1=NN(Cc3ccccc3Cl)C(=O)[C@H]3C[C@@H]13)[C@H](O)C(C)(C)O2. The first-order chi connectivity index (χ1) is 15.3. The lowest BCUT2D eigenvalue weighted by atomic mass is 9.88. The fourth-order valence-corrected chi connectivity index (χ4v) is 4.44. The third kappa shape index (κ3) is 3.50. The van der Waals surface area contributed by atoms with E-state index in [1.165, 1.54) is 5.01 Å². The molecular weight excluding hydrogens is 430 g/mol. The molecule has 2 aromatic rings. The molecule has 1 amide bonds. The minimum atomic E-state index is -0.995. The van der Waals surface area contributed by atoms with Crippen LogP contribution in [0.2, 0.25) is 5.02 Å². The largest absolute Gasteiger partial charge is 0.485 e. The Morgan fingerprint density at radius 2 is 2.09 bits per heavy atom. The monoisotopic (exact) mass is 451 g/mol. The van der Waals surface area contributed by atoms with Crippen molar-refractivity contribution in [3.8, 4) is 5.75 Å². The summed E-state index contributed by atoms with van der Waals surface area (Å²) in [5.74, 6) is 0.651. The molecule has 1 fully saturated rings. The molecule has 0 aromatic heterocycles. The number of amides is 1. The van der Waals surface area contributed by atoms with Gasteiger partial charge in [0.05, 0.1) is 19.0 Å². The van der Waals surface area contributed by atoms with Crippen LogP contribution in [-0.2, 0) is 16.1 Å². The third-order valence-corrected chi connectivity index (χ3v) is 6.59. The Kier molecular flexibility index (Phi) is 4.88. The van der Waals surface area contributed by atoms with Gasteiger partial charge in [0.2, 0.25) is 11.8 Å². The average molecular weight is 452 g/mol. The molecule has 7 nitrogen and oxygen atoms in total. The molecule has 2 aliphatic heterocycles. The minimum Gasteiger partial charge on any atom is -0.485 e. The highest BCUT2D eigenvalue weighted by atomic mass is 35.5. The van der Waals surface area contributed by atoms with E-state index in [4.69, 9.17) is 27.6 Å². The van der Waals surface area contributed by atoms with Crippen LogP contribution in [0.4, 0.5) is 5.69 Å². The molecule has 0 bridgehead atoms. The van der Waals surface area contributed by atoms with E-state index in [9.17, 15) is 9.90 Å². The fraction of sp³-hybridized carbons (Fsp3) is 0.375. The van der Waals surface area contributed by atoms with Crippen molar-refractivity contribution in [2.75, 3.05) is 0 Å². The molecule has 3 aliphatic rings. The maximum Gasteiger partial charge on any atom is 0.247 e. The average Bonchev–Trinajstić information content (AvgIpc) is 3.57. The molecule has 8 heteroatoms. The van der Waals surface area contributed by atoms with Gasteiger partial charge in [0.25, 0.3) is 0 Å². The van der Waals surface area contributed by atoms with Crippen LogP contribution in [0.5, 0.6) is 5.75 Å². The second-order valence-electron chi connectivity index (χ2n) is 8.90. The van der Waals surface area contributed by atoms with E-state index in [1.807, 2.05) is 18.2 Å². The first-order valence-electron chi connectivity index (χ1n) is 10.5. The van der Waals surface area contributed by atoms with Crippen LogP contribution in [-0.4, -0.2) is 33.6 Å². The maximum atomic E-state index is 12.8. The predicted octanol–water partition coefficient (Wildman–Crippen LogP) is 4.47. The van der Waals surface area contributed by atoms with Crippen LogP contribution in [0, 0.1) is 18.4 Å². The molecule has 0 unspecified atom stereocenters. The summed E-state index contributed by atoms with van der Waals surface area (Å²) in [5.41, 5.74) is 0.921. The summed E-state index contributed by atoms with van der Waals surface area (Å²) in [5, 5.41) is 17.5. The summed E-state index contributed by atoms with van der Waals surface area (Å²) in [6, 6.07) is 12.4. The summed E-state index contributed by atoms with van der Waals surface area (Å²) < 4.78 is 12.3. The lowest BCUT2D eigenvalue weighted by Crippen LogP contribution is -2.50. The van der Waals surface area contributed by atoms with E-state index in [2.05, 4.69) is 9.95 Å². The number of ether oxygens (including phenoxy) is 2. The second-order valence-corrected chi connectivity index (χ2v) is 9.30. The van der Waals surface area contributed by atoms with E-state index in [0.29, 0.717) is 34.3 Å². The van der Waals surface area contributed by atoms with E-state index in [1.54, 1.807) is 38.1 Å².